The second-order valence-electron chi connectivity index (χ2n) is 6.95. The quantitative estimate of drug-likeness (QED) is 0.734. The SMILES string of the molecule is CCC(C)(O)CN(Cc1ccccc1)C(=O)Cc1ccc(OC)c(OC)c1. The molecule has 2 aromatic rings. The minimum atomic E-state index is -0.929. The van der Waals surface area contributed by atoms with E-state index in [1.165, 1.54) is 0 Å². The van der Waals surface area contributed by atoms with Crippen molar-refractivity contribution < 1.29 is 19.4 Å². The van der Waals surface area contributed by atoms with Gasteiger partial charge in [-0.2, -0.15) is 0 Å². The second-order valence-corrected chi connectivity index (χ2v) is 6.95. The van der Waals surface area contributed by atoms with Crippen LogP contribution in [0.4, 0.5) is 0 Å². The standard InChI is InChI=1S/C22H29NO4/c1-5-22(2,25)16-23(15-17-9-7-6-8-10-17)21(24)14-18-11-12-19(26-3)20(13-18)27-4/h6-13,25H,5,14-16H2,1-4H3. The number of carbonyl (C=O) groups excluding carboxylic acids is 1. The Morgan fingerprint density at radius 3 is 2.30 bits per heavy atom. The van der Waals surface area contributed by atoms with Gasteiger partial charge in [-0.25, -0.2) is 0 Å². The van der Waals surface area contributed by atoms with Crippen LogP contribution in [0.1, 0.15) is 31.4 Å². The number of nitrogens with zero attached hydrogens (tertiary/aromatic N) is 1. The summed E-state index contributed by atoms with van der Waals surface area (Å²) in [6.45, 7) is 4.42. The van der Waals surface area contributed by atoms with Gasteiger partial charge in [0.1, 0.15) is 0 Å². The number of methoxy groups -OCH3 is 2. The van der Waals surface area contributed by atoms with Crippen molar-refractivity contribution in [3.8, 4) is 11.5 Å². The summed E-state index contributed by atoms with van der Waals surface area (Å²) in [4.78, 5) is 14.7. The molecule has 2 rings (SSSR count). The summed E-state index contributed by atoms with van der Waals surface area (Å²) in [5.41, 5.74) is 0.944. The van der Waals surface area contributed by atoms with Gasteiger partial charge in [0.15, 0.2) is 11.5 Å². The molecule has 0 radical (unpaired) electrons. The van der Waals surface area contributed by atoms with E-state index < -0.39 is 5.60 Å². The molecule has 5 nitrogen and oxygen atoms in total. The topological polar surface area (TPSA) is 59.0 Å². The molecule has 0 aliphatic heterocycles. The van der Waals surface area contributed by atoms with E-state index in [2.05, 4.69) is 0 Å². The minimum absolute atomic E-state index is 0.0419. The largest absolute Gasteiger partial charge is 0.493 e. The van der Waals surface area contributed by atoms with Crippen LogP contribution in [-0.2, 0) is 17.8 Å². The Bertz CT molecular complexity index is 743. The van der Waals surface area contributed by atoms with Crippen LogP contribution in [0.25, 0.3) is 0 Å². The van der Waals surface area contributed by atoms with Gasteiger partial charge in [-0.1, -0.05) is 43.3 Å². The first-order valence-corrected chi connectivity index (χ1v) is 9.13. The molecule has 0 aliphatic rings. The number of aliphatic hydroxyl groups is 1. The molecule has 0 saturated heterocycles. The monoisotopic (exact) mass is 371 g/mol. The van der Waals surface area contributed by atoms with Crippen LogP contribution in [0, 0.1) is 0 Å². The van der Waals surface area contributed by atoms with Crippen molar-refractivity contribution in [3.05, 3.63) is 59.7 Å². The number of hydrogen-bond acceptors (Lipinski definition) is 4. The molecule has 1 amide bonds. The normalized spacial score (nSPS) is 12.9. The van der Waals surface area contributed by atoms with Gasteiger partial charge in [0.25, 0.3) is 0 Å². The molecule has 1 N–H and O–H groups in total. The third kappa shape index (κ3) is 6.00. The number of benzene rings is 2. The molecule has 2 aromatic carbocycles. The summed E-state index contributed by atoms with van der Waals surface area (Å²) in [5, 5.41) is 10.5. The van der Waals surface area contributed by atoms with E-state index in [4.69, 9.17) is 9.47 Å². The van der Waals surface area contributed by atoms with E-state index in [1.807, 2.05) is 49.4 Å². The van der Waals surface area contributed by atoms with Crippen LogP contribution in [0.3, 0.4) is 0 Å². The lowest BCUT2D eigenvalue weighted by molar-refractivity contribution is -0.134. The number of rotatable bonds is 9. The number of carbonyl (C=O) groups is 1. The van der Waals surface area contributed by atoms with E-state index in [0.29, 0.717) is 24.5 Å². The average Bonchev–Trinajstić information content (AvgIpc) is 2.68. The molecule has 0 bridgehead atoms. The predicted molar refractivity (Wildman–Crippen MR) is 106 cm³/mol. The molecular weight excluding hydrogens is 342 g/mol. The highest BCUT2D eigenvalue weighted by Crippen LogP contribution is 2.28. The van der Waals surface area contributed by atoms with Gasteiger partial charge in [0.2, 0.25) is 5.91 Å². The van der Waals surface area contributed by atoms with Crippen molar-refractivity contribution in [2.45, 2.75) is 38.8 Å². The maximum atomic E-state index is 13.0. The molecule has 0 aliphatic carbocycles. The highest BCUT2D eigenvalue weighted by atomic mass is 16.5. The molecule has 0 spiro atoms. The van der Waals surface area contributed by atoms with Gasteiger partial charge in [0.05, 0.1) is 26.2 Å². The van der Waals surface area contributed by atoms with Crippen molar-refractivity contribution in [2.24, 2.45) is 0 Å². The van der Waals surface area contributed by atoms with Gasteiger partial charge in [0, 0.05) is 13.1 Å². The fraction of sp³-hybridized carbons (Fsp3) is 0.409. The van der Waals surface area contributed by atoms with Crippen LogP contribution in [0.5, 0.6) is 11.5 Å². The molecule has 1 atom stereocenters. The van der Waals surface area contributed by atoms with Gasteiger partial charge >= 0.3 is 0 Å². The van der Waals surface area contributed by atoms with Crippen LogP contribution in [0.2, 0.25) is 0 Å². The van der Waals surface area contributed by atoms with Crippen molar-refractivity contribution in [1.82, 2.24) is 4.90 Å². The fourth-order valence-electron chi connectivity index (χ4n) is 2.84. The van der Waals surface area contributed by atoms with Crippen molar-refractivity contribution in [2.75, 3.05) is 20.8 Å². The summed E-state index contributed by atoms with van der Waals surface area (Å²) >= 11 is 0. The van der Waals surface area contributed by atoms with Gasteiger partial charge < -0.3 is 19.5 Å². The van der Waals surface area contributed by atoms with E-state index in [-0.39, 0.29) is 18.9 Å². The molecule has 5 heteroatoms. The smallest absolute Gasteiger partial charge is 0.227 e. The first-order valence-electron chi connectivity index (χ1n) is 9.13. The van der Waals surface area contributed by atoms with Crippen molar-refractivity contribution >= 4 is 5.91 Å². The maximum absolute atomic E-state index is 13.0. The molecule has 27 heavy (non-hydrogen) atoms. The van der Waals surface area contributed by atoms with E-state index in [0.717, 1.165) is 11.1 Å². The summed E-state index contributed by atoms with van der Waals surface area (Å²) in [6.07, 6.45) is 0.801. The lowest BCUT2D eigenvalue weighted by Crippen LogP contribution is -2.43. The van der Waals surface area contributed by atoms with E-state index in [9.17, 15) is 9.90 Å². The number of amides is 1. The average molecular weight is 371 g/mol. The summed E-state index contributed by atoms with van der Waals surface area (Å²) < 4.78 is 10.6. The van der Waals surface area contributed by atoms with Gasteiger partial charge in [-0.15, -0.1) is 0 Å². The highest BCUT2D eigenvalue weighted by Gasteiger charge is 2.25. The Labute approximate surface area is 161 Å². The zero-order valence-corrected chi connectivity index (χ0v) is 16.6. The van der Waals surface area contributed by atoms with E-state index >= 15 is 0 Å². The molecular formula is C22H29NO4. The van der Waals surface area contributed by atoms with Crippen LogP contribution < -0.4 is 9.47 Å². The first-order chi connectivity index (χ1) is 12.9. The molecule has 0 aromatic heterocycles. The second kappa shape index (κ2) is 9.42. The first kappa shape index (κ1) is 20.8. The Hall–Kier alpha value is -2.53. The summed E-state index contributed by atoms with van der Waals surface area (Å²) in [5.74, 6) is 1.18. The lowest BCUT2D eigenvalue weighted by atomic mass is 10.0. The Balaban J connectivity index is 2.19. The molecule has 1 unspecified atom stereocenters. The minimum Gasteiger partial charge on any atom is -0.493 e. The Kier molecular flexibility index (Phi) is 7.25. The maximum Gasteiger partial charge on any atom is 0.227 e. The Morgan fingerprint density at radius 2 is 1.70 bits per heavy atom. The number of hydrogen-bond donors (Lipinski definition) is 1. The van der Waals surface area contributed by atoms with E-state index in [1.54, 1.807) is 32.1 Å². The van der Waals surface area contributed by atoms with Crippen molar-refractivity contribution in [1.29, 1.82) is 0 Å². The third-order valence-corrected chi connectivity index (χ3v) is 4.67. The highest BCUT2D eigenvalue weighted by molar-refractivity contribution is 5.79. The molecule has 0 fully saturated rings. The van der Waals surface area contributed by atoms with Gasteiger partial charge in [-0.3, -0.25) is 4.79 Å². The zero-order valence-electron chi connectivity index (χ0n) is 16.6. The number of ether oxygens (including phenoxy) is 2. The van der Waals surface area contributed by atoms with Crippen molar-refractivity contribution in [3.63, 3.8) is 0 Å². The molecule has 146 valence electrons. The van der Waals surface area contributed by atoms with Gasteiger partial charge in [-0.05, 0) is 36.6 Å². The van der Waals surface area contributed by atoms with Crippen LogP contribution in [0.15, 0.2) is 48.5 Å². The lowest BCUT2D eigenvalue weighted by Gasteiger charge is -2.31. The van der Waals surface area contributed by atoms with Crippen LogP contribution in [-0.4, -0.2) is 42.3 Å². The predicted octanol–water partition coefficient (Wildman–Crippen LogP) is 3.44. The summed E-state index contributed by atoms with van der Waals surface area (Å²) in [6, 6.07) is 15.3. The third-order valence-electron chi connectivity index (χ3n) is 4.67. The molecule has 0 heterocycles. The fourth-order valence-corrected chi connectivity index (χ4v) is 2.84. The van der Waals surface area contributed by atoms with Crippen LogP contribution >= 0.6 is 0 Å². The molecule has 0 saturated carbocycles. The Morgan fingerprint density at radius 1 is 1.04 bits per heavy atom. The summed E-state index contributed by atoms with van der Waals surface area (Å²) in [7, 11) is 3.15. The zero-order chi connectivity index (χ0) is 19.9.